The molecule has 0 saturated heterocycles. The van der Waals surface area contributed by atoms with E-state index in [-0.39, 0.29) is 0 Å². The lowest BCUT2D eigenvalue weighted by molar-refractivity contribution is 0.416. The van der Waals surface area contributed by atoms with E-state index in [2.05, 4.69) is 12.1 Å². The topological polar surface area (TPSA) is 52.0 Å². The second-order valence-corrected chi connectivity index (χ2v) is 2.35. The molecule has 11 heavy (non-hydrogen) atoms. The number of aromatic nitrogens is 1. The van der Waals surface area contributed by atoms with Gasteiger partial charge in [-0.2, -0.15) is 0 Å². The fraction of sp³-hybridized carbons (Fsp3) is 0.375. The zero-order chi connectivity index (χ0) is 8.10. The molecule has 3 nitrogen and oxygen atoms in total. The smallest absolute Gasteiger partial charge is 0.167 e. The molecule has 0 atom stereocenters. The van der Waals surface area contributed by atoms with Crippen LogP contribution in [0.25, 0.3) is 6.08 Å². The van der Waals surface area contributed by atoms with Crippen LogP contribution in [0.3, 0.4) is 0 Å². The first-order valence-corrected chi connectivity index (χ1v) is 3.71. The van der Waals surface area contributed by atoms with E-state index in [4.69, 9.17) is 10.3 Å². The molecule has 2 N–H and O–H groups in total. The average Bonchev–Trinajstić information content (AvgIpc) is 2.37. The van der Waals surface area contributed by atoms with Gasteiger partial charge in [0.25, 0.3) is 0 Å². The molecule has 0 aliphatic heterocycles. The highest BCUT2D eigenvalue weighted by molar-refractivity contribution is 5.46. The molecule has 1 rings (SSSR count). The zero-order valence-electron chi connectivity index (χ0n) is 6.58. The molecule has 60 valence electrons. The summed E-state index contributed by atoms with van der Waals surface area (Å²) in [4.78, 5) is 0. The molecule has 0 aromatic carbocycles. The Morgan fingerprint density at radius 1 is 1.73 bits per heavy atom. The minimum atomic E-state index is 0.432. The highest BCUT2D eigenvalue weighted by Gasteiger charge is 1.93. The van der Waals surface area contributed by atoms with Crippen molar-refractivity contribution in [1.29, 1.82) is 0 Å². The lowest BCUT2D eigenvalue weighted by Crippen LogP contribution is -1.79. The summed E-state index contributed by atoms with van der Waals surface area (Å²) in [6, 6.07) is 1.70. The van der Waals surface area contributed by atoms with Crippen molar-refractivity contribution in [1.82, 2.24) is 5.16 Å². The van der Waals surface area contributed by atoms with Crippen molar-refractivity contribution < 1.29 is 4.52 Å². The molecule has 0 radical (unpaired) electrons. The number of anilines is 1. The summed E-state index contributed by atoms with van der Waals surface area (Å²) < 4.78 is 4.85. The number of hydrogen-bond acceptors (Lipinski definition) is 3. The molecule has 1 aromatic rings. The predicted molar refractivity (Wildman–Crippen MR) is 44.9 cm³/mol. The maximum Gasteiger partial charge on any atom is 0.167 e. The summed E-state index contributed by atoms with van der Waals surface area (Å²) in [5.74, 6) is 1.15. The van der Waals surface area contributed by atoms with Gasteiger partial charge in [0.15, 0.2) is 11.6 Å². The Labute approximate surface area is 65.9 Å². The fourth-order valence-corrected chi connectivity index (χ4v) is 0.749. The van der Waals surface area contributed by atoms with Crippen molar-refractivity contribution in [2.45, 2.75) is 19.8 Å². The van der Waals surface area contributed by atoms with E-state index in [9.17, 15) is 0 Å². The normalized spacial score (nSPS) is 11.0. The van der Waals surface area contributed by atoms with Crippen LogP contribution in [0.4, 0.5) is 5.82 Å². The maximum absolute atomic E-state index is 5.34. The highest BCUT2D eigenvalue weighted by Crippen LogP contribution is 2.06. The van der Waals surface area contributed by atoms with Gasteiger partial charge in [0.1, 0.15) is 0 Å². The summed E-state index contributed by atoms with van der Waals surface area (Å²) in [6.45, 7) is 2.12. The third-order valence-electron chi connectivity index (χ3n) is 1.28. The van der Waals surface area contributed by atoms with Gasteiger partial charge in [-0.3, -0.25) is 0 Å². The number of nitrogens with two attached hydrogens (primary N) is 1. The van der Waals surface area contributed by atoms with Crippen LogP contribution in [0, 0.1) is 0 Å². The molecule has 1 aromatic heterocycles. The van der Waals surface area contributed by atoms with Crippen molar-refractivity contribution in [3.63, 3.8) is 0 Å². The Hall–Kier alpha value is -1.25. The monoisotopic (exact) mass is 152 g/mol. The Kier molecular flexibility index (Phi) is 2.72. The minimum absolute atomic E-state index is 0.432. The summed E-state index contributed by atoms with van der Waals surface area (Å²) in [5, 5.41) is 3.55. The molecule has 0 saturated carbocycles. The highest BCUT2D eigenvalue weighted by atomic mass is 16.5. The number of unbranched alkanes of at least 4 members (excludes halogenated alkanes) is 1. The molecule has 3 heteroatoms. The summed E-state index contributed by atoms with van der Waals surface area (Å²) in [6.07, 6.45) is 6.12. The average molecular weight is 152 g/mol. The van der Waals surface area contributed by atoms with Crippen molar-refractivity contribution in [2.75, 3.05) is 5.73 Å². The fourth-order valence-electron chi connectivity index (χ4n) is 0.749. The van der Waals surface area contributed by atoms with Crippen LogP contribution in [0.5, 0.6) is 0 Å². The van der Waals surface area contributed by atoms with Crippen LogP contribution in [0.1, 0.15) is 25.5 Å². The molecule has 0 aliphatic rings. The lowest BCUT2D eigenvalue weighted by Gasteiger charge is -1.81. The number of nitrogen functional groups attached to an aromatic ring is 1. The molecule has 1 heterocycles. The SMILES string of the molecule is CCC/C=C/c1cc(N)no1. The van der Waals surface area contributed by atoms with Crippen LogP contribution < -0.4 is 5.73 Å². The van der Waals surface area contributed by atoms with E-state index in [1.165, 1.54) is 0 Å². The van der Waals surface area contributed by atoms with Crippen LogP contribution in [-0.4, -0.2) is 5.16 Å². The number of rotatable bonds is 3. The van der Waals surface area contributed by atoms with Crippen LogP contribution >= 0.6 is 0 Å². The second-order valence-electron chi connectivity index (χ2n) is 2.35. The van der Waals surface area contributed by atoms with Gasteiger partial charge >= 0.3 is 0 Å². The van der Waals surface area contributed by atoms with Gasteiger partial charge in [-0.25, -0.2) is 0 Å². The molecule has 0 unspecified atom stereocenters. The largest absolute Gasteiger partial charge is 0.381 e. The Morgan fingerprint density at radius 3 is 3.09 bits per heavy atom. The molecule has 0 amide bonds. The van der Waals surface area contributed by atoms with Gasteiger partial charge in [0, 0.05) is 6.07 Å². The van der Waals surface area contributed by atoms with E-state index in [1.54, 1.807) is 6.07 Å². The Balaban J connectivity index is 2.50. The van der Waals surface area contributed by atoms with Crippen molar-refractivity contribution in [2.24, 2.45) is 0 Å². The molecular weight excluding hydrogens is 140 g/mol. The quantitative estimate of drug-likeness (QED) is 0.721. The third kappa shape index (κ3) is 2.45. The maximum atomic E-state index is 5.34. The van der Waals surface area contributed by atoms with E-state index in [0.29, 0.717) is 5.82 Å². The van der Waals surface area contributed by atoms with Gasteiger partial charge < -0.3 is 10.3 Å². The van der Waals surface area contributed by atoms with Crippen molar-refractivity contribution in [3.8, 4) is 0 Å². The van der Waals surface area contributed by atoms with Crippen LogP contribution in [0.15, 0.2) is 16.7 Å². The van der Waals surface area contributed by atoms with Gasteiger partial charge in [-0.15, -0.1) is 0 Å². The van der Waals surface area contributed by atoms with E-state index in [1.807, 2.05) is 12.2 Å². The zero-order valence-corrected chi connectivity index (χ0v) is 6.58. The van der Waals surface area contributed by atoms with Gasteiger partial charge in [-0.05, 0) is 12.5 Å². The molecule has 0 bridgehead atoms. The van der Waals surface area contributed by atoms with Crippen molar-refractivity contribution in [3.05, 3.63) is 17.9 Å². The van der Waals surface area contributed by atoms with Gasteiger partial charge in [-0.1, -0.05) is 24.6 Å². The van der Waals surface area contributed by atoms with E-state index >= 15 is 0 Å². The minimum Gasteiger partial charge on any atom is -0.381 e. The van der Waals surface area contributed by atoms with E-state index < -0.39 is 0 Å². The van der Waals surface area contributed by atoms with E-state index in [0.717, 1.165) is 18.6 Å². The standard InChI is InChI=1S/C8H12N2O/c1-2-3-4-5-7-6-8(9)10-11-7/h4-6H,2-3H2,1H3,(H2,9,10)/b5-4+. The second kappa shape index (κ2) is 3.81. The molecular formula is C8H12N2O. The van der Waals surface area contributed by atoms with Crippen LogP contribution in [-0.2, 0) is 0 Å². The number of nitrogens with zero attached hydrogens (tertiary/aromatic N) is 1. The first-order valence-electron chi connectivity index (χ1n) is 3.71. The third-order valence-corrected chi connectivity index (χ3v) is 1.28. The summed E-state index contributed by atoms with van der Waals surface area (Å²) in [7, 11) is 0. The van der Waals surface area contributed by atoms with Crippen molar-refractivity contribution >= 4 is 11.9 Å². The lowest BCUT2D eigenvalue weighted by atomic mass is 10.3. The molecule has 0 fully saturated rings. The Morgan fingerprint density at radius 2 is 2.55 bits per heavy atom. The number of hydrogen-bond donors (Lipinski definition) is 1. The molecule has 0 aliphatic carbocycles. The number of allylic oxidation sites excluding steroid dienone is 1. The summed E-state index contributed by atoms with van der Waals surface area (Å²) in [5.41, 5.74) is 5.34. The van der Waals surface area contributed by atoms with Crippen LogP contribution in [0.2, 0.25) is 0 Å². The first kappa shape index (κ1) is 7.85. The summed E-state index contributed by atoms with van der Waals surface area (Å²) >= 11 is 0. The molecule has 0 spiro atoms. The van der Waals surface area contributed by atoms with Gasteiger partial charge in [0.05, 0.1) is 0 Å². The predicted octanol–water partition coefficient (Wildman–Crippen LogP) is 2.07. The Bertz CT molecular complexity index is 240. The first-order chi connectivity index (χ1) is 5.33. The van der Waals surface area contributed by atoms with Gasteiger partial charge in [0.2, 0.25) is 0 Å².